The van der Waals surface area contributed by atoms with Crippen molar-refractivity contribution < 1.29 is 0 Å². The Kier molecular flexibility index (Phi) is 5.51. The maximum Gasteiger partial charge on any atom is 0.0825 e. The zero-order chi connectivity index (χ0) is 14.8. The van der Waals surface area contributed by atoms with Crippen LogP contribution < -0.4 is 5.32 Å². The van der Waals surface area contributed by atoms with E-state index in [-0.39, 0.29) is 12.4 Å². The minimum absolute atomic E-state index is 0. The predicted octanol–water partition coefficient (Wildman–Crippen LogP) is 3.87. The summed E-state index contributed by atoms with van der Waals surface area (Å²) in [5.74, 6) is 0. The quantitative estimate of drug-likeness (QED) is 0.908. The molecular weight excluding hydrogens is 298 g/mol. The summed E-state index contributed by atoms with van der Waals surface area (Å²) in [4.78, 5) is 0. The second-order valence-corrected chi connectivity index (χ2v) is 6.00. The monoisotopic (exact) mass is 323 g/mol. The molecule has 22 heavy (non-hydrogen) atoms. The fraction of sp³-hybridized carbons (Fsp3) is 0.625. The molecule has 1 saturated carbocycles. The number of halogens is 1. The normalized spacial score (nSPS) is 15.0. The second kappa shape index (κ2) is 7.18. The van der Waals surface area contributed by atoms with Gasteiger partial charge in [-0.25, -0.2) is 0 Å². The molecule has 0 radical (unpaired) electrons. The van der Waals surface area contributed by atoms with Gasteiger partial charge in [-0.05, 0) is 33.6 Å². The standard InChI is InChI=1S/C16H25N5.ClH/c1-4-20-11-16(13(3)18-20)17-9-14-10-21(19-12(14)2)15-7-5-6-8-15;/h10-11,15,17H,4-9H2,1-3H3;1H. The van der Waals surface area contributed by atoms with Gasteiger partial charge >= 0.3 is 0 Å². The van der Waals surface area contributed by atoms with Crippen molar-refractivity contribution in [3.8, 4) is 0 Å². The van der Waals surface area contributed by atoms with Crippen LogP contribution in [0.2, 0.25) is 0 Å². The molecule has 1 N–H and O–H groups in total. The van der Waals surface area contributed by atoms with E-state index in [1.54, 1.807) is 0 Å². The number of hydrogen-bond acceptors (Lipinski definition) is 3. The number of anilines is 1. The van der Waals surface area contributed by atoms with E-state index in [0.717, 1.165) is 30.2 Å². The molecule has 0 atom stereocenters. The molecule has 1 aliphatic carbocycles. The first kappa shape index (κ1) is 16.9. The fourth-order valence-corrected chi connectivity index (χ4v) is 3.09. The van der Waals surface area contributed by atoms with Crippen LogP contribution in [0.3, 0.4) is 0 Å². The Labute approximate surface area is 138 Å². The van der Waals surface area contributed by atoms with Crippen molar-refractivity contribution >= 4 is 18.1 Å². The lowest BCUT2D eigenvalue weighted by Gasteiger charge is -2.08. The van der Waals surface area contributed by atoms with E-state index in [1.165, 1.54) is 31.2 Å². The van der Waals surface area contributed by atoms with Gasteiger partial charge in [0, 0.05) is 31.0 Å². The van der Waals surface area contributed by atoms with Crippen LogP contribution in [0.1, 0.15) is 55.6 Å². The van der Waals surface area contributed by atoms with Crippen LogP contribution in [-0.2, 0) is 13.1 Å². The van der Waals surface area contributed by atoms with Crippen molar-refractivity contribution in [2.45, 2.75) is 65.6 Å². The van der Waals surface area contributed by atoms with E-state index in [9.17, 15) is 0 Å². The fourth-order valence-electron chi connectivity index (χ4n) is 3.09. The molecule has 0 aromatic carbocycles. The first-order valence-corrected chi connectivity index (χ1v) is 8.00. The van der Waals surface area contributed by atoms with Gasteiger partial charge in [0.2, 0.25) is 0 Å². The van der Waals surface area contributed by atoms with Gasteiger partial charge < -0.3 is 5.32 Å². The third-order valence-corrected chi connectivity index (χ3v) is 4.46. The van der Waals surface area contributed by atoms with Crippen LogP contribution >= 0.6 is 12.4 Å². The van der Waals surface area contributed by atoms with Gasteiger partial charge in [0.15, 0.2) is 0 Å². The van der Waals surface area contributed by atoms with E-state index < -0.39 is 0 Å². The number of hydrogen-bond donors (Lipinski definition) is 1. The van der Waals surface area contributed by atoms with Crippen molar-refractivity contribution in [3.63, 3.8) is 0 Å². The van der Waals surface area contributed by atoms with Crippen molar-refractivity contribution in [3.05, 3.63) is 29.3 Å². The summed E-state index contributed by atoms with van der Waals surface area (Å²) < 4.78 is 4.15. The van der Waals surface area contributed by atoms with Crippen LogP contribution in [0.5, 0.6) is 0 Å². The van der Waals surface area contributed by atoms with Crippen molar-refractivity contribution in [1.82, 2.24) is 19.6 Å². The predicted molar refractivity (Wildman–Crippen MR) is 91.7 cm³/mol. The van der Waals surface area contributed by atoms with Crippen molar-refractivity contribution in [2.75, 3.05) is 5.32 Å². The van der Waals surface area contributed by atoms with Crippen LogP contribution in [0.15, 0.2) is 12.4 Å². The number of aromatic nitrogens is 4. The highest BCUT2D eigenvalue weighted by atomic mass is 35.5. The number of rotatable bonds is 5. The molecule has 0 bridgehead atoms. The third-order valence-electron chi connectivity index (χ3n) is 4.46. The first-order valence-electron chi connectivity index (χ1n) is 8.00. The van der Waals surface area contributed by atoms with Gasteiger partial charge in [-0.15, -0.1) is 12.4 Å². The summed E-state index contributed by atoms with van der Waals surface area (Å²) in [7, 11) is 0. The van der Waals surface area contributed by atoms with E-state index >= 15 is 0 Å². The van der Waals surface area contributed by atoms with Crippen LogP contribution in [0, 0.1) is 13.8 Å². The van der Waals surface area contributed by atoms with Crippen molar-refractivity contribution in [2.24, 2.45) is 0 Å². The highest BCUT2D eigenvalue weighted by Gasteiger charge is 2.18. The van der Waals surface area contributed by atoms with Gasteiger partial charge in [-0.3, -0.25) is 9.36 Å². The van der Waals surface area contributed by atoms with Gasteiger partial charge in [0.1, 0.15) is 0 Å². The van der Waals surface area contributed by atoms with Crippen LogP contribution in [0.25, 0.3) is 0 Å². The minimum Gasteiger partial charge on any atom is -0.378 e. The lowest BCUT2D eigenvalue weighted by atomic mass is 10.2. The molecule has 0 aliphatic heterocycles. The molecule has 0 spiro atoms. The Morgan fingerprint density at radius 3 is 2.50 bits per heavy atom. The lowest BCUT2D eigenvalue weighted by molar-refractivity contribution is 0.464. The van der Waals surface area contributed by atoms with Crippen molar-refractivity contribution in [1.29, 1.82) is 0 Å². The van der Waals surface area contributed by atoms with Crippen LogP contribution in [-0.4, -0.2) is 19.6 Å². The smallest absolute Gasteiger partial charge is 0.0825 e. The Hall–Kier alpha value is -1.49. The zero-order valence-electron chi connectivity index (χ0n) is 13.7. The summed E-state index contributed by atoms with van der Waals surface area (Å²) in [5, 5.41) is 12.7. The van der Waals surface area contributed by atoms with Gasteiger partial charge in [-0.2, -0.15) is 10.2 Å². The highest BCUT2D eigenvalue weighted by molar-refractivity contribution is 5.85. The summed E-state index contributed by atoms with van der Waals surface area (Å²) in [5.41, 5.74) is 4.59. The van der Waals surface area contributed by atoms with Gasteiger partial charge in [-0.1, -0.05) is 12.8 Å². The molecule has 0 saturated heterocycles. The molecule has 6 heteroatoms. The summed E-state index contributed by atoms with van der Waals surface area (Å²) in [6.07, 6.45) is 9.52. The van der Waals surface area contributed by atoms with Gasteiger partial charge in [0.25, 0.3) is 0 Å². The summed E-state index contributed by atoms with van der Waals surface area (Å²) in [6, 6.07) is 0.613. The summed E-state index contributed by atoms with van der Waals surface area (Å²) in [6.45, 7) is 7.97. The third kappa shape index (κ3) is 3.46. The van der Waals surface area contributed by atoms with E-state index in [4.69, 9.17) is 5.10 Å². The molecule has 2 aromatic rings. The molecule has 2 aromatic heterocycles. The molecule has 5 nitrogen and oxygen atoms in total. The molecule has 3 rings (SSSR count). The van der Waals surface area contributed by atoms with Gasteiger partial charge in [0.05, 0.1) is 23.1 Å². The topological polar surface area (TPSA) is 47.7 Å². The molecule has 1 fully saturated rings. The molecule has 0 amide bonds. The minimum atomic E-state index is 0. The van der Waals surface area contributed by atoms with E-state index in [0.29, 0.717) is 6.04 Å². The Morgan fingerprint density at radius 1 is 1.14 bits per heavy atom. The number of nitrogens with one attached hydrogen (secondary N) is 1. The average molecular weight is 324 g/mol. The Morgan fingerprint density at radius 2 is 1.86 bits per heavy atom. The molecule has 0 unspecified atom stereocenters. The summed E-state index contributed by atoms with van der Waals surface area (Å²) >= 11 is 0. The molecule has 1 aliphatic rings. The van der Waals surface area contributed by atoms with Crippen LogP contribution in [0.4, 0.5) is 5.69 Å². The molecule has 2 heterocycles. The largest absolute Gasteiger partial charge is 0.378 e. The highest BCUT2D eigenvalue weighted by Crippen LogP contribution is 2.29. The zero-order valence-corrected chi connectivity index (χ0v) is 14.5. The van der Waals surface area contributed by atoms with E-state index in [2.05, 4.69) is 41.3 Å². The number of nitrogens with zero attached hydrogens (tertiary/aromatic N) is 4. The molecule has 122 valence electrons. The Balaban J connectivity index is 0.00000176. The lowest BCUT2D eigenvalue weighted by Crippen LogP contribution is -2.05. The average Bonchev–Trinajstić information content (AvgIpc) is 3.17. The van der Waals surface area contributed by atoms with E-state index in [1.807, 2.05) is 11.6 Å². The SMILES string of the molecule is CCn1cc(NCc2cn(C3CCCC3)nc2C)c(C)n1.Cl. The first-order chi connectivity index (χ1) is 10.2. The second-order valence-electron chi connectivity index (χ2n) is 6.00. The number of aryl methyl sites for hydroxylation is 3. The molecular formula is C16H26ClN5. The maximum absolute atomic E-state index is 4.70. The Bertz CT molecular complexity index is 610. The maximum atomic E-state index is 4.70.